The second kappa shape index (κ2) is 10.9. The van der Waals surface area contributed by atoms with E-state index in [9.17, 15) is 27.5 Å². The number of piperidine rings is 1. The number of nitrogens with one attached hydrogen (secondary N) is 1. The lowest BCUT2D eigenvalue weighted by molar-refractivity contribution is -0.140. The minimum absolute atomic E-state index is 0.0475. The third-order valence-corrected chi connectivity index (χ3v) is 6.99. The van der Waals surface area contributed by atoms with Gasteiger partial charge in [0.2, 0.25) is 5.91 Å². The number of rotatable bonds is 7. The second-order valence-electron chi connectivity index (χ2n) is 9.61. The predicted molar refractivity (Wildman–Crippen MR) is 136 cm³/mol. The first-order valence-corrected chi connectivity index (χ1v) is 12.4. The van der Waals surface area contributed by atoms with Gasteiger partial charge in [-0.1, -0.05) is 12.1 Å². The molecule has 2 N–H and O–H groups in total. The smallest absolute Gasteiger partial charge is 0.419 e. The molecule has 1 aliphatic heterocycles. The number of ether oxygens (including phenoxy) is 2. The van der Waals surface area contributed by atoms with Gasteiger partial charge in [0.05, 0.1) is 29.8 Å². The van der Waals surface area contributed by atoms with Crippen LogP contribution in [-0.4, -0.2) is 59.8 Å². The fraction of sp³-hybridized carbons (Fsp3) is 0.444. The van der Waals surface area contributed by atoms with Crippen molar-refractivity contribution in [3.63, 3.8) is 0 Å². The summed E-state index contributed by atoms with van der Waals surface area (Å²) in [7, 11) is 2.91. The number of halogens is 4. The van der Waals surface area contributed by atoms with E-state index >= 15 is 0 Å². The third-order valence-electron chi connectivity index (χ3n) is 6.99. The number of amides is 1. The van der Waals surface area contributed by atoms with Gasteiger partial charge in [-0.25, -0.2) is 14.4 Å². The standard InChI is InChI=1S/C27H30F4N4O4/c1-15(17-6-5-7-19(24(17)28)27(29,30)31)32-25-18-12-20(22(39-4)13-21(18)33-16(2)34-25)26(37)8-10-35(11-9-26)23(36)14-38-3/h5-7,12-13,15,37H,8-11,14H2,1-4H3,(H,32,33,34)/t15-/m0/s1. The van der Waals surface area contributed by atoms with Gasteiger partial charge < -0.3 is 24.8 Å². The molecule has 12 heteroatoms. The maximum atomic E-state index is 14.8. The van der Waals surface area contributed by atoms with Crippen LogP contribution in [0.15, 0.2) is 30.3 Å². The number of aryl methyl sites for hydroxylation is 1. The Kier molecular flexibility index (Phi) is 7.99. The van der Waals surface area contributed by atoms with Gasteiger partial charge in [0.1, 0.15) is 29.8 Å². The van der Waals surface area contributed by atoms with Crippen molar-refractivity contribution < 1.29 is 36.9 Å². The van der Waals surface area contributed by atoms with Crippen LogP contribution in [0.2, 0.25) is 0 Å². The summed E-state index contributed by atoms with van der Waals surface area (Å²) in [5, 5.41) is 15.1. The van der Waals surface area contributed by atoms with Gasteiger partial charge in [-0.3, -0.25) is 4.79 Å². The fourth-order valence-electron chi connectivity index (χ4n) is 4.91. The molecule has 1 amide bonds. The van der Waals surface area contributed by atoms with Crippen LogP contribution in [0, 0.1) is 12.7 Å². The van der Waals surface area contributed by atoms with E-state index in [1.807, 2.05) is 0 Å². The van der Waals surface area contributed by atoms with Crippen LogP contribution < -0.4 is 10.1 Å². The lowest BCUT2D eigenvalue weighted by atomic mass is 9.83. The summed E-state index contributed by atoms with van der Waals surface area (Å²) in [6, 6.07) is 5.59. The quantitative estimate of drug-likeness (QED) is 0.411. The number of alkyl halides is 3. The molecule has 8 nitrogen and oxygen atoms in total. The Hall–Kier alpha value is -3.51. The van der Waals surface area contributed by atoms with Crippen LogP contribution in [0.3, 0.4) is 0 Å². The van der Waals surface area contributed by atoms with Crippen LogP contribution >= 0.6 is 0 Å². The highest BCUT2D eigenvalue weighted by molar-refractivity contribution is 5.91. The Morgan fingerprint density at radius 1 is 1.21 bits per heavy atom. The third kappa shape index (κ3) is 5.76. The normalized spacial score (nSPS) is 16.3. The number of aliphatic hydroxyl groups is 1. The first-order chi connectivity index (χ1) is 18.4. The molecule has 1 fully saturated rings. The highest BCUT2D eigenvalue weighted by atomic mass is 19.4. The lowest BCUT2D eigenvalue weighted by Crippen LogP contribution is -2.46. The van der Waals surface area contributed by atoms with Crippen LogP contribution in [0.1, 0.15) is 48.3 Å². The summed E-state index contributed by atoms with van der Waals surface area (Å²) >= 11 is 0. The Morgan fingerprint density at radius 3 is 2.51 bits per heavy atom. The fourth-order valence-corrected chi connectivity index (χ4v) is 4.91. The van der Waals surface area contributed by atoms with E-state index < -0.39 is 29.2 Å². The van der Waals surface area contributed by atoms with Gasteiger partial charge in [-0.15, -0.1) is 0 Å². The Balaban J connectivity index is 1.72. The number of anilines is 1. The van der Waals surface area contributed by atoms with Crippen molar-refractivity contribution in [2.45, 2.75) is 44.5 Å². The van der Waals surface area contributed by atoms with Crippen molar-refractivity contribution in [2.75, 3.05) is 39.2 Å². The van der Waals surface area contributed by atoms with E-state index in [1.165, 1.54) is 27.2 Å². The number of methoxy groups -OCH3 is 2. The first-order valence-electron chi connectivity index (χ1n) is 12.4. The molecule has 3 aromatic rings. The van der Waals surface area contributed by atoms with Crippen LogP contribution in [-0.2, 0) is 21.3 Å². The summed E-state index contributed by atoms with van der Waals surface area (Å²) < 4.78 is 65.1. The summed E-state index contributed by atoms with van der Waals surface area (Å²) in [5.41, 5.74) is -1.91. The molecule has 210 valence electrons. The van der Waals surface area contributed by atoms with Crippen molar-refractivity contribution >= 4 is 22.6 Å². The van der Waals surface area contributed by atoms with Crippen molar-refractivity contribution in [3.8, 4) is 5.75 Å². The molecule has 4 rings (SSSR count). The summed E-state index contributed by atoms with van der Waals surface area (Å²) in [4.78, 5) is 22.7. The molecular weight excluding hydrogens is 520 g/mol. The zero-order valence-electron chi connectivity index (χ0n) is 22.0. The summed E-state index contributed by atoms with van der Waals surface area (Å²) in [6.45, 7) is 3.75. The van der Waals surface area contributed by atoms with Gasteiger partial charge in [0.25, 0.3) is 0 Å². The highest BCUT2D eigenvalue weighted by Crippen LogP contribution is 2.42. The topological polar surface area (TPSA) is 96.8 Å². The van der Waals surface area contributed by atoms with Gasteiger partial charge in [-0.2, -0.15) is 13.2 Å². The van der Waals surface area contributed by atoms with E-state index in [2.05, 4.69) is 15.3 Å². The first kappa shape index (κ1) is 28.5. The SMILES string of the molecule is COCC(=O)N1CCC(O)(c2cc3c(N[C@@H](C)c4cccc(C(F)(F)F)c4F)nc(C)nc3cc2OC)CC1. The van der Waals surface area contributed by atoms with E-state index in [1.54, 1.807) is 24.0 Å². The number of carbonyl (C=O) groups is 1. The number of hydrogen-bond donors (Lipinski definition) is 2. The molecular formula is C27H30F4N4O4. The molecule has 1 aliphatic rings. The number of carbonyl (C=O) groups excluding carboxylic acids is 1. The number of likely N-dealkylation sites (tertiary alicyclic amines) is 1. The average Bonchev–Trinajstić information content (AvgIpc) is 2.87. The van der Waals surface area contributed by atoms with Crippen LogP contribution in [0.4, 0.5) is 23.4 Å². The largest absolute Gasteiger partial charge is 0.496 e. The molecule has 0 unspecified atom stereocenters. The van der Waals surface area contributed by atoms with Gasteiger partial charge >= 0.3 is 6.18 Å². The zero-order chi connectivity index (χ0) is 28.5. The van der Waals surface area contributed by atoms with Crippen molar-refractivity contribution in [1.29, 1.82) is 0 Å². The molecule has 0 spiro atoms. The molecule has 1 atom stereocenters. The molecule has 0 bridgehead atoms. The zero-order valence-corrected chi connectivity index (χ0v) is 22.0. The molecule has 0 saturated carbocycles. The van der Waals surface area contributed by atoms with Crippen molar-refractivity contribution in [3.05, 3.63) is 58.7 Å². The Labute approximate surface area is 223 Å². The average molecular weight is 551 g/mol. The highest BCUT2D eigenvalue weighted by Gasteiger charge is 2.38. The molecule has 2 heterocycles. The Bertz CT molecular complexity index is 1370. The minimum atomic E-state index is -4.83. The summed E-state index contributed by atoms with van der Waals surface area (Å²) in [6.07, 6.45) is -4.35. The lowest BCUT2D eigenvalue weighted by Gasteiger charge is -2.39. The number of benzene rings is 2. The molecule has 2 aromatic carbocycles. The number of hydrogen-bond acceptors (Lipinski definition) is 7. The molecule has 39 heavy (non-hydrogen) atoms. The van der Waals surface area contributed by atoms with E-state index in [-0.39, 0.29) is 36.7 Å². The van der Waals surface area contributed by atoms with Gasteiger partial charge in [0.15, 0.2) is 0 Å². The van der Waals surface area contributed by atoms with E-state index in [0.717, 1.165) is 6.07 Å². The molecule has 0 aliphatic carbocycles. The van der Waals surface area contributed by atoms with Crippen molar-refractivity contribution in [1.82, 2.24) is 14.9 Å². The summed E-state index contributed by atoms with van der Waals surface area (Å²) in [5.74, 6) is -0.493. The number of aromatic nitrogens is 2. The van der Waals surface area contributed by atoms with Crippen LogP contribution in [0.5, 0.6) is 5.75 Å². The molecule has 1 saturated heterocycles. The second-order valence-corrected chi connectivity index (χ2v) is 9.61. The van der Waals surface area contributed by atoms with Crippen molar-refractivity contribution in [2.24, 2.45) is 0 Å². The molecule has 0 radical (unpaired) electrons. The van der Waals surface area contributed by atoms with E-state index in [0.29, 0.717) is 47.2 Å². The van der Waals surface area contributed by atoms with Gasteiger partial charge in [0, 0.05) is 42.8 Å². The van der Waals surface area contributed by atoms with E-state index in [4.69, 9.17) is 9.47 Å². The monoisotopic (exact) mass is 550 g/mol. The maximum Gasteiger partial charge on any atom is 0.419 e. The number of nitrogens with zero attached hydrogens (tertiary/aromatic N) is 3. The Morgan fingerprint density at radius 2 is 1.90 bits per heavy atom. The molecule has 1 aromatic heterocycles. The van der Waals surface area contributed by atoms with Crippen LogP contribution in [0.25, 0.3) is 10.9 Å². The van der Waals surface area contributed by atoms with Gasteiger partial charge in [-0.05, 0) is 38.8 Å². The maximum absolute atomic E-state index is 14.8. The number of fused-ring (bicyclic) bond motifs is 1. The minimum Gasteiger partial charge on any atom is -0.496 e. The predicted octanol–water partition coefficient (Wildman–Crippen LogP) is 4.73.